The van der Waals surface area contributed by atoms with E-state index in [-0.39, 0.29) is 24.7 Å². The first-order valence-electron chi connectivity index (χ1n) is 5.38. The van der Waals surface area contributed by atoms with Crippen molar-refractivity contribution in [3.63, 3.8) is 0 Å². The molecule has 9 heteroatoms. The highest BCUT2D eigenvalue weighted by molar-refractivity contribution is 9.10. The lowest BCUT2D eigenvalue weighted by Gasteiger charge is -2.33. The summed E-state index contributed by atoms with van der Waals surface area (Å²) < 4.78 is 5.55. The average molecular weight is 332 g/mol. The molecule has 1 aromatic heterocycles. The van der Waals surface area contributed by atoms with Crippen LogP contribution in [0.4, 0.5) is 11.5 Å². The van der Waals surface area contributed by atoms with Crippen LogP contribution in [0.15, 0.2) is 16.7 Å². The van der Waals surface area contributed by atoms with Crippen LogP contribution in [0.2, 0.25) is 0 Å². The lowest BCUT2D eigenvalue weighted by Crippen LogP contribution is -2.50. The van der Waals surface area contributed by atoms with Crippen LogP contribution >= 0.6 is 15.9 Å². The molecule has 8 nitrogen and oxygen atoms in total. The third-order valence-electron chi connectivity index (χ3n) is 2.70. The van der Waals surface area contributed by atoms with Crippen LogP contribution in [0.5, 0.6) is 0 Å². The second kappa shape index (κ2) is 5.49. The molecule has 0 amide bonds. The van der Waals surface area contributed by atoms with Crippen LogP contribution in [0.3, 0.4) is 0 Å². The Bertz CT molecular complexity index is 524. The molecule has 0 saturated carbocycles. The molecule has 1 aliphatic heterocycles. The standard InChI is InChI=1S/C10H10BrN3O5/c11-6-3-7(14(17)18)9(12-4-6)13-1-2-19-5-8(13)10(15)16/h3-4,8H,1-2,5H2,(H,15,16). The number of carbonyl (C=O) groups is 1. The Morgan fingerprint density at radius 3 is 3.05 bits per heavy atom. The minimum Gasteiger partial charge on any atom is -0.480 e. The highest BCUT2D eigenvalue weighted by Gasteiger charge is 2.34. The molecular weight excluding hydrogens is 322 g/mol. The third-order valence-corrected chi connectivity index (χ3v) is 3.13. The fraction of sp³-hybridized carbons (Fsp3) is 0.400. The molecular formula is C10H10BrN3O5. The van der Waals surface area contributed by atoms with E-state index in [0.29, 0.717) is 11.1 Å². The lowest BCUT2D eigenvalue weighted by atomic mass is 10.2. The molecule has 0 aliphatic carbocycles. The van der Waals surface area contributed by atoms with E-state index in [1.165, 1.54) is 17.2 Å². The maximum Gasteiger partial charge on any atom is 0.328 e. The van der Waals surface area contributed by atoms with Crippen molar-refractivity contribution in [3.8, 4) is 0 Å². The lowest BCUT2D eigenvalue weighted by molar-refractivity contribution is -0.384. The number of hydrogen-bond donors (Lipinski definition) is 1. The molecule has 1 saturated heterocycles. The Kier molecular flexibility index (Phi) is 3.96. The zero-order valence-corrected chi connectivity index (χ0v) is 11.2. The molecule has 0 radical (unpaired) electrons. The molecule has 1 aliphatic rings. The number of nitrogens with zero attached hydrogens (tertiary/aromatic N) is 3. The fourth-order valence-corrected chi connectivity index (χ4v) is 2.16. The van der Waals surface area contributed by atoms with Crippen LogP contribution in [0.1, 0.15) is 0 Å². The SMILES string of the molecule is O=C(O)C1COCCN1c1ncc(Br)cc1[N+](=O)[O-]. The smallest absolute Gasteiger partial charge is 0.328 e. The molecule has 0 spiro atoms. The zero-order valence-electron chi connectivity index (χ0n) is 9.65. The Morgan fingerprint density at radius 2 is 2.42 bits per heavy atom. The number of carboxylic acid groups (broad SMARTS) is 1. The van der Waals surface area contributed by atoms with E-state index in [0.717, 1.165) is 0 Å². The molecule has 1 fully saturated rings. The topological polar surface area (TPSA) is 106 Å². The third kappa shape index (κ3) is 2.82. The number of nitro groups is 1. The summed E-state index contributed by atoms with van der Waals surface area (Å²) in [4.78, 5) is 27.0. The second-order valence-corrected chi connectivity index (χ2v) is 4.79. The molecule has 1 unspecified atom stereocenters. The van der Waals surface area contributed by atoms with Gasteiger partial charge in [0, 0.05) is 23.3 Å². The minimum absolute atomic E-state index is 0.0236. The number of hydrogen-bond acceptors (Lipinski definition) is 6. The molecule has 2 rings (SSSR count). The first-order chi connectivity index (χ1) is 9.00. The van der Waals surface area contributed by atoms with Crippen molar-refractivity contribution in [1.29, 1.82) is 0 Å². The van der Waals surface area contributed by atoms with Crippen molar-refractivity contribution in [2.75, 3.05) is 24.7 Å². The Labute approximate surface area is 116 Å². The van der Waals surface area contributed by atoms with Gasteiger partial charge in [-0.1, -0.05) is 0 Å². The van der Waals surface area contributed by atoms with Gasteiger partial charge in [-0.15, -0.1) is 0 Å². The van der Waals surface area contributed by atoms with Gasteiger partial charge in [0.2, 0.25) is 5.82 Å². The van der Waals surface area contributed by atoms with Crippen LogP contribution in [-0.2, 0) is 9.53 Å². The van der Waals surface area contributed by atoms with Crippen LogP contribution in [-0.4, -0.2) is 46.8 Å². The van der Waals surface area contributed by atoms with Crippen molar-refractivity contribution in [3.05, 3.63) is 26.9 Å². The van der Waals surface area contributed by atoms with E-state index < -0.39 is 16.9 Å². The van der Waals surface area contributed by atoms with Crippen molar-refractivity contribution < 1.29 is 19.6 Å². The normalized spacial score (nSPS) is 19.2. The van der Waals surface area contributed by atoms with Gasteiger partial charge in [0.05, 0.1) is 18.1 Å². The van der Waals surface area contributed by atoms with Gasteiger partial charge in [-0.25, -0.2) is 9.78 Å². The summed E-state index contributed by atoms with van der Waals surface area (Å²) in [5.74, 6) is -1.05. The van der Waals surface area contributed by atoms with Gasteiger partial charge in [-0.3, -0.25) is 10.1 Å². The molecule has 1 N–H and O–H groups in total. The quantitative estimate of drug-likeness (QED) is 0.651. The highest BCUT2D eigenvalue weighted by atomic mass is 79.9. The van der Waals surface area contributed by atoms with Crippen LogP contribution in [0, 0.1) is 10.1 Å². The summed E-state index contributed by atoms with van der Waals surface area (Å²) >= 11 is 3.11. The van der Waals surface area contributed by atoms with Crippen LogP contribution in [0.25, 0.3) is 0 Å². The van der Waals surface area contributed by atoms with E-state index in [1.807, 2.05) is 0 Å². The number of ether oxygens (including phenoxy) is 1. The van der Waals surface area contributed by atoms with Gasteiger partial charge < -0.3 is 14.7 Å². The second-order valence-electron chi connectivity index (χ2n) is 3.88. The van der Waals surface area contributed by atoms with Crippen molar-refractivity contribution in [2.45, 2.75) is 6.04 Å². The molecule has 1 atom stereocenters. The number of aromatic nitrogens is 1. The van der Waals surface area contributed by atoms with Crippen LogP contribution < -0.4 is 4.90 Å². The van der Waals surface area contributed by atoms with E-state index >= 15 is 0 Å². The summed E-state index contributed by atoms with van der Waals surface area (Å²) in [6, 6.07) is 0.331. The molecule has 0 aromatic carbocycles. The summed E-state index contributed by atoms with van der Waals surface area (Å²) in [5.41, 5.74) is -0.234. The average Bonchev–Trinajstić information content (AvgIpc) is 2.38. The van der Waals surface area contributed by atoms with E-state index in [4.69, 9.17) is 9.84 Å². The molecule has 1 aromatic rings. The molecule has 0 bridgehead atoms. The molecule has 19 heavy (non-hydrogen) atoms. The maximum absolute atomic E-state index is 11.2. The van der Waals surface area contributed by atoms with Crippen molar-refractivity contribution >= 4 is 33.4 Å². The summed E-state index contributed by atoms with van der Waals surface area (Å²) in [7, 11) is 0. The summed E-state index contributed by atoms with van der Waals surface area (Å²) in [6.45, 7) is 0.523. The summed E-state index contributed by atoms with van der Waals surface area (Å²) in [5, 5.41) is 20.2. The largest absolute Gasteiger partial charge is 0.480 e. The van der Waals surface area contributed by atoms with Gasteiger partial charge in [0.1, 0.15) is 0 Å². The first kappa shape index (κ1) is 13.7. The van der Waals surface area contributed by atoms with Crippen molar-refractivity contribution in [1.82, 2.24) is 4.98 Å². The van der Waals surface area contributed by atoms with Gasteiger partial charge in [-0.2, -0.15) is 0 Å². The van der Waals surface area contributed by atoms with E-state index in [9.17, 15) is 14.9 Å². The number of pyridine rings is 1. The van der Waals surface area contributed by atoms with Gasteiger partial charge in [0.15, 0.2) is 6.04 Å². The monoisotopic (exact) mass is 331 g/mol. The zero-order chi connectivity index (χ0) is 14.0. The number of aliphatic carboxylic acids is 1. The number of morpholine rings is 1. The maximum atomic E-state index is 11.2. The Balaban J connectivity index is 2.44. The van der Waals surface area contributed by atoms with E-state index in [1.54, 1.807) is 0 Å². The number of rotatable bonds is 3. The van der Waals surface area contributed by atoms with Crippen molar-refractivity contribution in [2.24, 2.45) is 0 Å². The number of carboxylic acids is 1. The van der Waals surface area contributed by atoms with E-state index in [2.05, 4.69) is 20.9 Å². The predicted octanol–water partition coefficient (Wildman–Crippen LogP) is 1.04. The van der Waals surface area contributed by atoms with Gasteiger partial charge >= 0.3 is 11.7 Å². The minimum atomic E-state index is -1.10. The summed E-state index contributed by atoms with van der Waals surface area (Å²) in [6.07, 6.45) is 1.40. The van der Waals surface area contributed by atoms with Gasteiger partial charge in [-0.05, 0) is 15.9 Å². The molecule has 102 valence electrons. The number of anilines is 1. The fourth-order valence-electron chi connectivity index (χ4n) is 1.84. The van der Waals surface area contributed by atoms with Gasteiger partial charge in [0.25, 0.3) is 0 Å². The Morgan fingerprint density at radius 1 is 1.68 bits per heavy atom. The molecule has 2 heterocycles. The predicted molar refractivity (Wildman–Crippen MR) is 68.2 cm³/mol. The number of halogens is 1. The highest BCUT2D eigenvalue weighted by Crippen LogP contribution is 2.30. The Hall–Kier alpha value is -1.74. The first-order valence-corrected chi connectivity index (χ1v) is 6.17.